The zero-order valence-corrected chi connectivity index (χ0v) is 12.8. The van der Waals surface area contributed by atoms with Gasteiger partial charge in [0.05, 0.1) is 6.26 Å². The molecule has 2 N–H and O–H groups in total. The monoisotopic (exact) mass is 303 g/mol. The van der Waals surface area contributed by atoms with E-state index < -0.39 is 6.10 Å². The summed E-state index contributed by atoms with van der Waals surface area (Å²) in [6, 6.07) is 9.81. The molecule has 0 bridgehead atoms. The average molecular weight is 303 g/mol. The van der Waals surface area contributed by atoms with Gasteiger partial charge in [-0.05, 0) is 50.1 Å². The van der Waals surface area contributed by atoms with E-state index in [0.717, 1.165) is 17.1 Å². The predicted molar refractivity (Wildman–Crippen MR) is 81.9 cm³/mol. The van der Waals surface area contributed by atoms with E-state index in [0.29, 0.717) is 12.2 Å². The van der Waals surface area contributed by atoms with Gasteiger partial charge in [-0.1, -0.05) is 6.07 Å². The summed E-state index contributed by atoms with van der Waals surface area (Å²) in [5, 5.41) is 13.6. The second-order valence-electron chi connectivity index (χ2n) is 5.67. The van der Waals surface area contributed by atoms with Crippen LogP contribution in [0, 0.1) is 0 Å². The van der Waals surface area contributed by atoms with Crippen LogP contribution in [0.2, 0.25) is 0 Å². The lowest BCUT2D eigenvalue weighted by Crippen LogP contribution is -2.30. The standard InChI is InChI=1S/C17H21NO4/c1-11(8-14(19)15-4-3-7-20-15)18-12(2)13-5-6-16-17(9-13)22-10-21-16/h3-7,9,11-12,14,18-19H,8,10H2,1-2H3. The van der Waals surface area contributed by atoms with Crippen molar-refractivity contribution in [2.24, 2.45) is 0 Å². The third kappa shape index (κ3) is 3.26. The first-order chi connectivity index (χ1) is 10.6. The zero-order chi connectivity index (χ0) is 15.5. The number of aliphatic hydroxyl groups is 1. The number of hydrogen-bond donors (Lipinski definition) is 2. The molecule has 22 heavy (non-hydrogen) atoms. The second kappa shape index (κ2) is 6.42. The Kier molecular flexibility index (Phi) is 4.36. The van der Waals surface area contributed by atoms with E-state index in [1.807, 2.05) is 18.2 Å². The average Bonchev–Trinajstić information content (AvgIpc) is 3.17. The van der Waals surface area contributed by atoms with Crippen molar-refractivity contribution in [3.63, 3.8) is 0 Å². The van der Waals surface area contributed by atoms with Crippen molar-refractivity contribution in [3.05, 3.63) is 47.9 Å². The summed E-state index contributed by atoms with van der Waals surface area (Å²) in [6.45, 7) is 4.43. The SMILES string of the molecule is CC(CC(O)c1ccco1)NC(C)c1ccc2c(c1)OCO2. The summed E-state index contributed by atoms with van der Waals surface area (Å²) < 4.78 is 16.0. The van der Waals surface area contributed by atoms with Crippen LogP contribution in [0.5, 0.6) is 11.5 Å². The topological polar surface area (TPSA) is 63.9 Å². The lowest BCUT2D eigenvalue weighted by Gasteiger charge is -2.22. The Morgan fingerprint density at radius 1 is 1.18 bits per heavy atom. The maximum absolute atomic E-state index is 10.1. The molecular formula is C17H21NO4. The smallest absolute Gasteiger partial charge is 0.231 e. The van der Waals surface area contributed by atoms with E-state index in [4.69, 9.17) is 13.9 Å². The van der Waals surface area contributed by atoms with Crippen LogP contribution >= 0.6 is 0 Å². The summed E-state index contributed by atoms with van der Waals surface area (Å²) in [5.41, 5.74) is 1.13. The fourth-order valence-corrected chi connectivity index (χ4v) is 2.71. The van der Waals surface area contributed by atoms with E-state index >= 15 is 0 Å². The Morgan fingerprint density at radius 3 is 2.77 bits per heavy atom. The van der Waals surface area contributed by atoms with E-state index in [2.05, 4.69) is 19.2 Å². The molecule has 118 valence electrons. The summed E-state index contributed by atoms with van der Waals surface area (Å²) in [4.78, 5) is 0. The number of ether oxygens (including phenoxy) is 2. The molecule has 0 saturated carbocycles. The molecule has 1 aromatic carbocycles. The van der Waals surface area contributed by atoms with Gasteiger partial charge in [0.1, 0.15) is 11.9 Å². The highest BCUT2D eigenvalue weighted by molar-refractivity contribution is 5.45. The predicted octanol–water partition coefficient (Wildman–Crippen LogP) is 3.17. The molecule has 0 aliphatic carbocycles. The largest absolute Gasteiger partial charge is 0.467 e. The van der Waals surface area contributed by atoms with E-state index in [9.17, 15) is 5.11 Å². The number of rotatable bonds is 6. The summed E-state index contributed by atoms with van der Waals surface area (Å²) >= 11 is 0. The van der Waals surface area contributed by atoms with Gasteiger partial charge >= 0.3 is 0 Å². The molecule has 5 heteroatoms. The lowest BCUT2D eigenvalue weighted by molar-refractivity contribution is 0.127. The minimum atomic E-state index is -0.596. The van der Waals surface area contributed by atoms with Gasteiger partial charge in [-0.2, -0.15) is 0 Å². The van der Waals surface area contributed by atoms with Crippen LogP contribution in [0.15, 0.2) is 41.0 Å². The molecule has 2 aromatic rings. The van der Waals surface area contributed by atoms with Crippen molar-refractivity contribution in [1.82, 2.24) is 5.32 Å². The Morgan fingerprint density at radius 2 is 2.00 bits per heavy atom. The van der Waals surface area contributed by atoms with Crippen molar-refractivity contribution in [2.75, 3.05) is 6.79 Å². The van der Waals surface area contributed by atoms with E-state index in [1.54, 1.807) is 18.4 Å². The van der Waals surface area contributed by atoms with Gasteiger partial charge in [0.2, 0.25) is 6.79 Å². The quantitative estimate of drug-likeness (QED) is 0.858. The number of hydrogen-bond acceptors (Lipinski definition) is 5. The normalized spacial score (nSPS) is 17.2. The highest BCUT2D eigenvalue weighted by Gasteiger charge is 2.19. The van der Waals surface area contributed by atoms with Gasteiger partial charge in [-0.25, -0.2) is 0 Å². The van der Waals surface area contributed by atoms with E-state index in [-0.39, 0.29) is 18.9 Å². The van der Waals surface area contributed by atoms with Crippen molar-refractivity contribution < 1.29 is 19.0 Å². The molecule has 0 spiro atoms. The maximum atomic E-state index is 10.1. The fraction of sp³-hybridized carbons (Fsp3) is 0.412. The number of fused-ring (bicyclic) bond motifs is 1. The first-order valence-electron chi connectivity index (χ1n) is 7.50. The summed E-state index contributed by atoms with van der Waals surface area (Å²) in [6.07, 6.45) is 1.57. The van der Waals surface area contributed by atoms with Crippen LogP contribution in [0.1, 0.15) is 43.7 Å². The molecule has 0 amide bonds. The molecule has 0 saturated heterocycles. The zero-order valence-electron chi connectivity index (χ0n) is 12.8. The number of nitrogens with one attached hydrogen (secondary N) is 1. The third-order valence-corrected chi connectivity index (χ3v) is 3.88. The molecular weight excluding hydrogens is 282 g/mol. The highest BCUT2D eigenvalue weighted by atomic mass is 16.7. The first kappa shape index (κ1) is 14.9. The summed E-state index contributed by atoms with van der Waals surface area (Å²) in [5.74, 6) is 2.18. The van der Waals surface area contributed by atoms with Crippen LogP contribution < -0.4 is 14.8 Å². The molecule has 3 unspecified atom stereocenters. The van der Waals surface area contributed by atoms with Crippen LogP contribution in [0.3, 0.4) is 0 Å². The van der Waals surface area contributed by atoms with Crippen molar-refractivity contribution in [2.45, 2.75) is 38.5 Å². The second-order valence-corrected chi connectivity index (χ2v) is 5.67. The van der Waals surface area contributed by atoms with E-state index in [1.165, 1.54) is 0 Å². The van der Waals surface area contributed by atoms with Crippen LogP contribution in [-0.2, 0) is 0 Å². The fourth-order valence-electron chi connectivity index (χ4n) is 2.71. The Bertz CT molecular complexity index is 611. The number of aliphatic hydroxyl groups excluding tert-OH is 1. The molecule has 1 aromatic heterocycles. The van der Waals surface area contributed by atoms with Crippen molar-refractivity contribution >= 4 is 0 Å². The lowest BCUT2D eigenvalue weighted by atomic mass is 10.0. The molecule has 5 nitrogen and oxygen atoms in total. The van der Waals surface area contributed by atoms with Crippen molar-refractivity contribution in [1.29, 1.82) is 0 Å². The highest BCUT2D eigenvalue weighted by Crippen LogP contribution is 2.34. The van der Waals surface area contributed by atoms with Crippen LogP contribution in [0.4, 0.5) is 0 Å². The molecule has 3 rings (SSSR count). The number of furan rings is 1. The van der Waals surface area contributed by atoms with Gasteiger partial charge in [-0.3, -0.25) is 0 Å². The van der Waals surface area contributed by atoms with Gasteiger partial charge in [0, 0.05) is 12.1 Å². The first-order valence-corrected chi connectivity index (χ1v) is 7.50. The molecule has 0 fully saturated rings. The van der Waals surface area contributed by atoms with Crippen LogP contribution in [0.25, 0.3) is 0 Å². The minimum Gasteiger partial charge on any atom is -0.467 e. The molecule has 1 aliphatic heterocycles. The molecule has 3 atom stereocenters. The van der Waals surface area contributed by atoms with Gasteiger partial charge in [-0.15, -0.1) is 0 Å². The van der Waals surface area contributed by atoms with Gasteiger partial charge in [0.15, 0.2) is 11.5 Å². The van der Waals surface area contributed by atoms with Gasteiger partial charge < -0.3 is 24.3 Å². The Labute approximate surface area is 129 Å². The Hall–Kier alpha value is -1.98. The molecule has 2 heterocycles. The molecule has 1 aliphatic rings. The van der Waals surface area contributed by atoms with Crippen molar-refractivity contribution in [3.8, 4) is 11.5 Å². The number of benzene rings is 1. The molecule has 0 radical (unpaired) electrons. The Balaban J connectivity index is 1.58. The minimum absolute atomic E-state index is 0.139. The maximum Gasteiger partial charge on any atom is 0.231 e. The summed E-state index contributed by atoms with van der Waals surface area (Å²) in [7, 11) is 0. The van der Waals surface area contributed by atoms with Gasteiger partial charge in [0.25, 0.3) is 0 Å². The van der Waals surface area contributed by atoms with Crippen LogP contribution in [-0.4, -0.2) is 17.9 Å². The third-order valence-electron chi connectivity index (χ3n) is 3.88.